The van der Waals surface area contributed by atoms with E-state index in [2.05, 4.69) is 28.3 Å². The van der Waals surface area contributed by atoms with Crippen LogP contribution < -0.4 is 10.2 Å². The van der Waals surface area contributed by atoms with Gasteiger partial charge in [0.1, 0.15) is 5.82 Å². The van der Waals surface area contributed by atoms with E-state index in [0.717, 1.165) is 58.4 Å². The summed E-state index contributed by atoms with van der Waals surface area (Å²) in [4.78, 5) is 24.7. The lowest BCUT2D eigenvalue weighted by Gasteiger charge is -2.28. The number of aromatic nitrogens is 4. The van der Waals surface area contributed by atoms with Gasteiger partial charge >= 0.3 is 0 Å². The summed E-state index contributed by atoms with van der Waals surface area (Å²) in [6.45, 7) is 9.29. The normalized spacial score (nSPS) is 14.2. The number of hydrogen-bond donors (Lipinski definition) is 1. The number of hydrogen-bond acceptors (Lipinski definition) is 6. The molecular weight excluding hydrogens is 420 g/mol. The Bertz CT molecular complexity index is 1070. The molecule has 0 atom stereocenters. The number of fused-ring (bicyclic) bond motifs is 1. The van der Waals surface area contributed by atoms with Crippen LogP contribution in [0.5, 0.6) is 0 Å². The summed E-state index contributed by atoms with van der Waals surface area (Å²) in [6, 6.07) is 5.91. The van der Waals surface area contributed by atoms with Crippen molar-refractivity contribution in [2.45, 2.75) is 58.2 Å². The number of anilines is 1. The maximum Gasteiger partial charge on any atom is 0.251 e. The number of piperidine rings is 1. The van der Waals surface area contributed by atoms with Gasteiger partial charge in [0, 0.05) is 31.0 Å². The number of nitrogens with zero attached hydrogens (tertiary/aromatic N) is 5. The first kappa shape index (κ1) is 22.6. The SMILES string of the molecule is CCCSc1nc(N2CCCCC2)c2cnn(CCNC(=O)c3cc(C)cc(C)c3)c2n1. The Hall–Kier alpha value is -2.61. The molecule has 0 unspecified atom stereocenters. The molecule has 0 radical (unpaired) electrons. The van der Waals surface area contributed by atoms with E-state index in [1.54, 1.807) is 11.8 Å². The van der Waals surface area contributed by atoms with E-state index < -0.39 is 0 Å². The number of thioether (sulfide) groups is 1. The Morgan fingerprint density at radius 3 is 2.56 bits per heavy atom. The highest BCUT2D eigenvalue weighted by molar-refractivity contribution is 7.99. The average Bonchev–Trinajstić information content (AvgIpc) is 3.20. The van der Waals surface area contributed by atoms with E-state index in [0.29, 0.717) is 18.7 Å². The van der Waals surface area contributed by atoms with E-state index in [1.165, 1.54) is 19.3 Å². The van der Waals surface area contributed by atoms with E-state index >= 15 is 0 Å². The second-order valence-electron chi connectivity index (χ2n) is 8.46. The first-order valence-corrected chi connectivity index (χ1v) is 12.5. The minimum absolute atomic E-state index is 0.0592. The van der Waals surface area contributed by atoms with Crippen molar-refractivity contribution in [3.05, 3.63) is 41.1 Å². The Morgan fingerprint density at radius 2 is 1.84 bits per heavy atom. The fourth-order valence-corrected chi connectivity index (χ4v) is 4.86. The van der Waals surface area contributed by atoms with E-state index in [9.17, 15) is 4.79 Å². The van der Waals surface area contributed by atoms with Crippen LogP contribution in [0.1, 0.15) is 54.1 Å². The monoisotopic (exact) mass is 452 g/mol. The topological polar surface area (TPSA) is 75.9 Å². The summed E-state index contributed by atoms with van der Waals surface area (Å²) in [5, 5.41) is 9.42. The molecule has 1 amide bonds. The highest BCUT2D eigenvalue weighted by Gasteiger charge is 2.20. The molecule has 1 saturated heterocycles. The third-order valence-corrected chi connectivity index (χ3v) is 6.69. The van der Waals surface area contributed by atoms with Crippen LogP contribution in [0.4, 0.5) is 5.82 Å². The summed E-state index contributed by atoms with van der Waals surface area (Å²) in [5.74, 6) is 1.93. The molecule has 1 aliphatic heterocycles. The maximum absolute atomic E-state index is 12.6. The van der Waals surface area contributed by atoms with Gasteiger partial charge in [-0.05, 0) is 51.7 Å². The average molecular weight is 453 g/mol. The Kier molecular flexibility index (Phi) is 7.29. The summed E-state index contributed by atoms with van der Waals surface area (Å²) in [5.41, 5.74) is 3.72. The van der Waals surface area contributed by atoms with Gasteiger partial charge in [0.05, 0.1) is 18.1 Å². The molecule has 0 saturated carbocycles. The number of carbonyl (C=O) groups is 1. The summed E-state index contributed by atoms with van der Waals surface area (Å²) >= 11 is 1.69. The van der Waals surface area contributed by atoms with Crippen molar-refractivity contribution in [2.24, 2.45) is 0 Å². The first-order valence-electron chi connectivity index (χ1n) is 11.5. The van der Waals surface area contributed by atoms with Crippen molar-refractivity contribution in [2.75, 3.05) is 30.3 Å². The minimum Gasteiger partial charge on any atom is -0.356 e. The third kappa shape index (κ3) is 5.23. The zero-order chi connectivity index (χ0) is 22.5. The van der Waals surface area contributed by atoms with Crippen molar-refractivity contribution in [1.29, 1.82) is 0 Å². The molecule has 8 heteroatoms. The lowest BCUT2D eigenvalue weighted by Crippen LogP contribution is -2.30. The van der Waals surface area contributed by atoms with Gasteiger partial charge in [-0.15, -0.1) is 0 Å². The Labute approximate surface area is 194 Å². The molecular formula is C24H32N6OS. The number of carbonyl (C=O) groups excluding carboxylic acids is 1. The van der Waals surface area contributed by atoms with E-state index in [1.807, 2.05) is 36.9 Å². The number of nitrogens with one attached hydrogen (secondary N) is 1. The molecule has 2 aromatic heterocycles. The van der Waals surface area contributed by atoms with Crippen LogP contribution in [0.15, 0.2) is 29.6 Å². The minimum atomic E-state index is -0.0592. The van der Waals surface area contributed by atoms with E-state index in [4.69, 9.17) is 9.97 Å². The number of aryl methyl sites for hydroxylation is 2. The molecule has 0 bridgehead atoms. The quantitative estimate of drug-likeness (QED) is 0.404. The van der Waals surface area contributed by atoms with Gasteiger partial charge in [0.25, 0.3) is 5.91 Å². The lowest BCUT2D eigenvalue weighted by atomic mass is 10.1. The van der Waals surface area contributed by atoms with Crippen LogP contribution in [0.25, 0.3) is 11.0 Å². The molecule has 1 aliphatic rings. The fourth-order valence-electron chi connectivity index (χ4n) is 4.17. The van der Waals surface area contributed by atoms with Crippen LogP contribution in [-0.2, 0) is 6.54 Å². The molecule has 0 aliphatic carbocycles. The highest BCUT2D eigenvalue weighted by Crippen LogP contribution is 2.29. The molecule has 3 aromatic rings. The molecule has 1 fully saturated rings. The molecule has 7 nitrogen and oxygen atoms in total. The highest BCUT2D eigenvalue weighted by atomic mass is 32.2. The van der Waals surface area contributed by atoms with E-state index in [-0.39, 0.29) is 5.91 Å². The Balaban J connectivity index is 1.52. The van der Waals surface area contributed by atoms with Crippen molar-refractivity contribution in [1.82, 2.24) is 25.1 Å². The van der Waals surface area contributed by atoms with Crippen molar-refractivity contribution < 1.29 is 4.79 Å². The van der Waals surface area contributed by atoms with Crippen LogP contribution in [0, 0.1) is 13.8 Å². The van der Waals surface area contributed by atoms with Crippen LogP contribution in [-0.4, -0.2) is 51.0 Å². The predicted molar refractivity (Wildman–Crippen MR) is 131 cm³/mol. The molecule has 1 aromatic carbocycles. The van der Waals surface area contributed by atoms with Gasteiger partial charge in [-0.2, -0.15) is 5.10 Å². The second-order valence-corrected chi connectivity index (χ2v) is 9.53. The third-order valence-electron chi connectivity index (χ3n) is 5.64. The van der Waals surface area contributed by atoms with Crippen molar-refractivity contribution >= 4 is 34.5 Å². The zero-order valence-corrected chi connectivity index (χ0v) is 20.0. The zero-order valence-electron chi connectivity index (χ0n) is 19.2. The smallest absolute Gasteiger partial charge is 0.251 e. The number of rotatable bonds is 8. The first-order chi connectivity index (χ1) is 15.5. The van der Waals surface area contributed by atoms with Crippen LogP contribution in [0.3, 0.4) is 0 Å². The maximum atomic E-state index is 12.6. The largest absolute Gasteiger partial charge is 0.356 e. The molecule has 1 N–H and O–H groups in total. The van der Waals surface area contributed by atoms with Crippen LogP contribution in [0.2, 0.25) is 0 Å². The number of amides is 1. The van der Waals surface area contributed by atoms with Crippen molar-refractivity contribution in [3.8, 4) is 0 Å². The van der Waals surface area contributed by atoms with Gasteiger partial charge in [-0.1, -0.05) is 35.9 Å². The summed E-state index contributed by atoms with van der Waals surface area (Å²) in [6.07, 6.45) is 6.62. The number of benzene rings is 1. The Morgan fingerprint density at radius 1 is 1.09 bits per heavy atom. The second kappa shape index (κ2) is 10.3. The molecule has 0 spiro atoms. The molecule has 32 heavy (non-hydrogen) atoms. The van der Waals surface area contributed by atoms with Gasteiger partial charge in [0.2, 0.25) is 0 Å². The van der Waals surface area contributed by atoms with Gasteiger partial charge in [-0.25, -0.2) is 14.6 Å². The molecule has 4 rings (SSSR count). The standard InChI is InChI=1S/C24H32N6OS/c1-4-12-32-24-27-21(29-9-6-5-7-10-29)20-16-26-30(22(20)28-24)11-8-25-23(31)19-14-17(2)13-18(3)15-19/h13-16H,4-12H2,1-3H3,(H,25,31). The predicted octanol–water partition coefficient (Wildman–Crippen LogP) is 4.37. The van der Waals surface area contributed by atoms with Gasteiger partial charge in [-0.3, -0.25) is 4.79 Å². The molecule has 170 valence electrons. The lowest BCUT2D eigenvalue weighted by molar-refractivity contribution is 0.0952. The summed E-state index contributed by atoms with van der Waals surface area (Å²) < 4.78 is 1.89. The van der Waals surface area contributed by atoms with Crippen LogP contribution >= 0.6 is 11.8 Å². The van der Waals surface area contributed by atoms with Gasteiger partial charge < -0.3 is 10.2 Å². The summed E-state index contributed by atoms with van der Waals surface area (Å²) in [7, 11) is 0. The van der Waals surface area contributed by atoms with Gasteiger partial charge in [0.15, 0.2) is 10.8 Å². The van der Waals surface area contributed by atoms with Crippen molar-refractivity contribution in [3.63, 3.8) is 0 Å². The molecule has 3 heterocycles. The fraction of sp³-hybridized carbons (Fsp3) is 0.500.